The zero-order valence-corrected chi connectivity index (χ0v) is 16.9. The maximum atomic E-state index is 12.6. The lowest BCUT2D eigenvalue weighted by molar-refractivity contribution is -0.122. The van der Waals surface area contributed by atoms with E-state index >= 15 is 0 Å². The van der Waals surface area contributed by atoms with Crippen LogP contribution in [0.15, 0.2) is 40.9 Å². The molecular weight excluding hydrogens is 428 g/mol. The molecule has 0 spiro atoms. The summed E-state index contributed by atoms with van der Waals surface area (Å²) in [5.41, 5.74) is 1.77. The van der Waals surface area contributed by atoms with Crippen molar-refractivity contribution in [2.24, 2.45) is 5.92 Å². The molecule has 8 heteroatoms. The Labute approximate surface area is 170 Å². The third-order valence-corrected chi connectivity index (χ3v) is 5.54. The zero-order valence-electron chi connectivity index (χ0n) is 15.4. The molecule has 1 heterocycles. The summed E-state index contributed by atoms with van der Waals surface area (Å²) < 4.78 is 5.55. The number of aromatic hydroxyl groups is 1. The van der Waals surface area contributed by atoms with Crippen LogP contribution in [0.2, 0.25) is 0 Å². The maximum Gasteiger partial charge on any atom is 0.341 e. The van der Waals surface area contributed by atoms with Gasteiger partial charge in [-0.3, -0.25) is 9.59 Å². The molecule has 1 aliphatic heterocycles. The van der Waals surface area contributed by atoms with Gasteiger partial charge < -0.3 is 20.1 Å². The van der Waals surface area contributed by atoms with Gasteiger partial charge in [0.25, 0.3) is 0 Å². The Hall–Kier alpha value is -2.87. The minimum atomic E-state index is -0.707. The lowest BCUT2D eigenvalue weighted by atomic mass is 10.1. The Morgan fingerprint density at radius 2 is 2.04 bits per heavy atom. The van der Waals surface area contributed by atoms with E-state index in [1.807, 2.05) is 25.1 Å². The standard InChI is InChI=1S/C20H19BrN2O5/c1-11-8-13(6-7-15(11)21)23-10-12(9-17(23)24)19(26)22-16-5-3-4-14(18(16)25)20(27)28-2/h3-8,12,25H,9-10H2,1-2H3,(H,22,26). The number of carbonyl (C=O) groups is 3. The number of rotatable bonds is 4. The van der Waals surface area contributed by atoms with Gasteiger partial charge in [0.2, 0.25) is 11.8 Å². The molecule has 1 saturated heterocycles. The smallest absolute Gasteiger partial charge is 0.341 e. The van der Waals surface area contributed by atoms with Gasteiger partial charge in [-0.25, -0.2) is 4.79 Å². The molecule has 0 radical (unpaired) electrons. The average molecular weight is 447 g/mol. The number of para-hydroxylation sites is 1. The fourth-order valence-corrected chi connectivity index (χ4v) is 3.33. The SMILES string of the molecule is COC(=O)c1cccc(NC(=O)C2CC(=O)N(c3ccc(Br)c(C)c3)C2)c1O. The summed E-state index contributed by atoms with van der Waals surface area (Å²) in [4.78, 5) is 38.3. The van der Waals surface area contributed by atoms with Crippen LogP contribution in [-0.2, 0) is 14.3 Å². The van der Waals surface area contributed by atoms with E-state index in [2.05, 4.69) is 26.0 Å². The summed E-state index contributed by atoms with van der Waals surface area (Å²) in [5, 5.41) is 12.8. The summed E-state index contributed by atoms with van der Waals surface area (Å²) in [6.45, 7) is 2.17. The highest BCUT2D eigenvalue weighted by molar-refractivity contribution is 9.10. The van der Waals surface area contributed by atoms with Crippen LogP contribution in [0.5, 0.6) is 5.75 Å². The Bertz CT molecular complexity index is 960. The third-order valence-electron chi connectivity index (χ3n) is 4.65. The highest BCUT2D eigenvalue weighted by Gasteiger charge is 2.35. The number of halogens is 1. The number of methoxy groups -OCH3 is 1. The van der Waals surface area contributed by atoms with Crippen molar-refractivity contribution in [2.45, 2.75) is 13.3 Å². The first-order chi connectivity index (χ1) is 13.3. The van der Waals surface area contributed by atoms with E-state index in [0.717, 1.165) is 15.7 Å². The number of ether oxygens (including phenoxy) is 1. The van der Waals surface area contributed by atoms with Crippen molar-refractivity contribution < 1.29 is 24.2 Å². The van der Waals surface area contributed by atoms with Gasteiger partial charge in [0.1, 0.15) is 5.56 Å². The Kier molecular flexibility index (Phi) is 5.69. The molecular formula is C20H19BrN2O5. The van der Waals surface area contributed by atoms with E-state index in [0.29, 0.717) is 0 Å². The van der Waals surface area contributed by atoms with E-state index in [1.165, 1.54) is 25.3 Å². The first-order valence-corrected chi connectivity index (χ1v) is 9.38. The number of hydrogen-bond acceptors (Lipinski definition) is 5. The topological polar surface area (TPSA) is 95.9 Å². The number of hydrogen-bond donors (Lipinski definition) is 2. The van der Waals surface area contributed by atoms with Crippen LogP contribution in [-0.4, -0.2) is 36.5 Å². The van der Waals surface area contributed by atoms with Gasteiger partial charge in [0.15, 0.2) is 5.75 Å². The number of nitrogens with zero attached hydrogens (tertiary/aromatic N) is 1. The van der Waals surface area contributed by atoms with Crippen molar-refractivity contribution >= 4 is 45.1 Å². The number of anilines is 2. The van der Waals surface area contributed by atoms with Crippen LogP contribution in [0.3, 0.4) is 0 Å². The van der Waals surface area contributed by atoms with Gasteiger partial charge in [0, 0.05) is 23.1 Å². The second-order valence-electron chi connectivity index (χ2n) is 6.52. The lowest BCUT2D eigenvalue weighted by Gasteiger charge is -2.18. The van der Waals surface area contributed by atoms with Crippen LogP contribution in [0.25, 0.3) is 0 Å². The number of amides is 2. The van der Waals surface area contributed by atoms with E-state index < -0.39 is 17.8 Å². The fraction of sp³-hybridized carbons (Fsp3) is 0.250. The molecule has 7 nitrogen and oxygen atoms in total. The summed E-state index contributed by atoms with van der Waals surface area (Å²) in [6.07, 6.45) is 0.0679. The summed E-state index contributed by atoms with van der Waals surface area (Å²) >= 11 is 3.43. The summed E-state index contributed by atoms with van der Waals surface area (Å²) in [7, 11) is 1.20. The molecule has 0 bridgehead atoms. The molecule has 0 aliphatic carbocycles. The molecule has 146 valence electrons. The van der Waals surface area contributed by atoms with Crippen LogP contribution >= 0.6 is 15.9 Å². The number of aryl methyl sites for hydroxylation is 1. The maximum absolute atomic E-state index is 12.6. The number of phenols is 1. The van der Waals surface area contributed by atoms with E-state index in [4.69, 9.17) is 0 Å². The Morgan fingerprint density at radius 1 is 1.29 bits per heavy atom. The van der Waals surface area contributed by atoms with Crippen molar-refractivity contribution in [3.8, 4) is 5.75 Å². The quantitative estimate of drug-likeness (QED) is 0.554. The minimum Gasteiger partial charge on any atom is -0.505 e. The first kappa shape index (κ1) is 19.9. The average Bonchev–Trinajstić information content (AvgIpc) is 3.07. The molecule has 1 atom stereocenters. The third kappa shape index (κ3) is 3.87. The van der Waals surface area contributed by atoms with Crippen molar-refractivity contribution in [3.05, 3.63) is 52.0 Å². The van der Waals surface area contributed by atoms with Crippen molar-refractivity contribution in [3.63, 3.8) is 0 Å². The van der Waals surface area contributed by atoms with Gasteiger partial charge in [-0.15, -0.1) is 0 Å². The normalized spacial score (nSPS) is 16.2. The minimum absolute atomic E-state index is 0.0465. The van der Waals surface area contributed by atoms with Crippen LogP contribution < -0.4 is 10.2 Å². The molecule has 1 unspecified atom stereocenters. The highest BCUT2D eigenvalue weighted by Crippen LogP contribution is 2.31. The van der Waals surface area contributed by atoms with Crippen LogP contribution in [0.4, 0.5) is 11.4 Å². The van der Waals surface area contributed by atoms with Gasteiger partial charge in [-0.05, 0) is 42.8 Å². The summed E-state index contributed by atoms with van der Waals surface area (Å²) in [6, 6.07) is 9.97. The molecule has 1 aliphatic rings. The second kappa shape index (κ2) is 8.02. The molecule has 0 aromatic heterocycles. The number of phenolic OH excluding ortho intramolecular Hbond substituents is 1. The number of nitrogens with one attached hydrogen (secondary N) is 1. The zero-order chi connectivity index (χ0) is 20.4. The van der Waals surface area contributed by atoms with Crippen molar-refractivity contribution in [1.29, 1.82) is 0 Å². The number of esters is 1. The van der Waals surface area contributed by atoms with Crippen molar-refractivity contribution in [2.75, 3.05) is 23.9 Å². The van der Waals surface area contributed by atoms with Gasteiger partial charge in [-0.2, -0.15) is 0 Å². The number of carbonyl (C=O) groups excluding carboxylic acids is 3. The van der Waals surface area contributed by atoms with Crippen LogP contribution in [0.1, 0.15) is 22.3 Å². The van der Waals surface area contributed by atoms with Crippen LogP contribution in [0, 0.1) is 12.8 Å². The molecule has 0 saturated carbocycles. The molecule has 3 rings (SSSR count). The molecule has 1 fully saturated rings. The van der Waals surface area contributed by atoms with E-state index in [9.17, 15) is 19.5 Å². The predicted octanol–water partition coefficient (Wildman–Crippen LogP) is 3.24. The van der Waals surface area contributed by atoms with Crippen molar-refractivity contribution in [1.82, 2.24) is 0 Å². The van der Waals surface area contributed by atoms with E-state index in [-0.39, 0.29) is 35.9 Å². The Morgan fingerprint density at radius 3 is 2.71 bits per heavy atom. The fourth-order valence-electron chi connectivity index (χ4n) is 3.08. The predicted molar refractivity (Wildman–Crippen MR) is 107 cm³/mol. The molecule has 2 amide bonds. The lowest BCUT2D eigenvalue weighted by Crippen LogP contribution is -2.28. The highest BCUT2D eigenvalue weighted by atomic mass is 79.9. The molecule has 2 aromatic carbocycles. The number of benzene rings is 2. The van der Waals surface area contributed by atoms with E-state index in [1.54, 1.807) is 4.90 Å². The monoisotopic (exact) mass is 446 g/mol. The van der Waals surface area contributed by atoms with Gasteiger partial charge in [-0.1, -0.05) is 22.0 Å². The van der Waals surface area contributed by atoms with Gasteiger partial charge in [0.05, 0.1) is 18.7 Å². The first-order valence-electron chi connectivity index (χ1n) is 8.59. The Balaban J connectivity index is 1.75. The molecule has 28 heavy (non-hydrogen) atoms. The summed E-state index contributed by atoms with van der Waals surface area (Å²) in [5.74, 6) is -2.19. The largest absolute Gasteiger partial charge is 0.505 e. The van der Waals surface area contributed by atoms with Gasteiger partial charge >= 0.3 is 5.97 Å². The molecule has 2 N–H and O–H groups in total. The second-order valence-corrected chi connectivity index (χ2v) is 7.38. The molecule has 2 aromatic rings.